The van der Waals surface area contributed by atoms with E-state index in [-0.39, 0.29) is 5.91 Å². The summed E-state index contributed by atoms with van der Waals surface area (Å²) in [5, 5.41) is 3.80. The Bertz CT molecular complexity index is 635. The molecular formula is C16H19ClN2O2. The molecule has 0 unspecified atom stereocenters. The number of furan rings is 1. The zero-order valence-corrected chi connectivity index (χ0v) is 13.2. The number of carbonyl (C=O) groups excluding carboxylic acids is 1. The second kappa shape index (κ2) is 6.68. The first kappa shape index (κ1) is 15.4. The number of halogens is 1. The van der Waals surface area contributed by atoms with Gasteiger partial charge in [0.25, 0.3) is 5.91 Å². The molecule has 0 aliphatic heterocycles. The predicted molar refractivity (Wildman–Crippen MR) is 84.9 cm³/mol. The Hall–Kier alpha value is -1.94. The average Bonchev–Trinajstić information content (AvgIpc) is 2.92. The minimum atomic E-state index is -0.0668. The fraction of sp³-hybridized carbons (Fsp3) is 0.312. The first-order valence-electron chi connectivity index (χ1n) is 6.84. The molecular weight excluding hydrogens is 288 g/mol. The molecule has 5 heteroatoms. The first-order chi connectivity index (χ1) is 10.0. The highest BCUT2D eigenvalue weighted by atomic mass is 35.5. The summed E-state index contributed by atoms with van der Waals surface area (Å²) in [5.41, 5.74) is 1.29. The number of carbonyl (C=O) groups is 1. The maximum absolute atomic E-state index is 12.2. The topological polar surface area (TPSA) is 45.5 Å². The maximum Gasteiger partial charge on any atom is 0.255 e. The Labute approximate surface area is 129 Å². The fourth-order valence-corrected chi connectivity index (χ4v) is 2.15. The van der Waals surface area contributed by atoms with Crippen molar-refractivity contribution in [2.75, 3.05) is 19.4 Å². The average molecular weight is 307 g/mol. The van der Waals surface area contributed by atoms with Crippen LogP contribution >= 0.6 is 11.6 Å². The van der Waals surface area contributed by atoms with Crippen LogP contribution < -0.4 is 5.32 Å². The monoisotopic (exact) mass is 306 g/mol. The van der Waals surface area contributed by atoms with E-state index in [0.29, 0.717) is 22.8 Å². The molecule has 0 atom stereocenters. The fourth-order valence-electron chi connectivity index (χ4n) is 1.98. The van der Waals surface area contributed by atoms with Gasteiger partial charge in [-0.2, -0.15) is 0 Å². The van der Waals surface area contributed by atoms with E-state index in [0.717, 1.165) is 17.9 Å². The number of benzene rings is 1. The molecule has 112 valence electrons. The van der Waals surface area contributed by atoms with Gasteiger partial charge in [0.15, 0.2) is 0 Å². The number of aryl methyl sites for hydroxylation is 1. The van der Waals surface area contributed by atoms with Crippen molar-refractivity contribution >= 4 is 23.2 Å². The van der Waals surface area contributed by atoms with Crippen molar-refractivity contribution in [3.8, 4) is 0 Å². The lowest BCUT2D eigenvalue weighted by molar-refractivity contribution is 0.0828. The second-order valence-corrected chi connectivity index (χ2v) is 5.40. The Morgan fingerprint density at radius 3 is 2.57 bits per heavy atom. The molecule has 0 bridgehead atoms. The third kappa shape index (κ3) is 3.79. The summed E-state index contributed by atoms with van der Waals surface area (Å²) in [6, 6.07) is 9.09. The van der Waals surface area contributed by atoms with Gasteiger partial charge in [-0.25, -0.2) is 0 Å². The number of anilines is 1. The predicted octanol–water partition coefficient (Wildman–Crippen LogP) is 3.81. The summed E-state index contributed by atoms with van der Waals surface area (Å²) in [6.45, 7) is 2.55. The highest BCUT2D eigenvalue weighted by molar-refractivity contribution is 6.31. The number of nitrogens with one attached hydrogen (secondary N) is 1. The van der Waals surface area contributed by atoms with Gasteiger partial charge < -0.3 is 14.6 Å². The van der Waals surface area contributed by atoms with Gasteiger partial charge in [0, 0.05) is 31.2 Å². The van der Waals surface area contributed by atoms with E-state index in [1.54, 1.807) is 32.3 Å². The van der Waals surface area contributed by atoms with Crippen molar-refractivity contribution in [2.24, 2.45) is 0 Å². The third-order valence-corrected chi connectivity index (χ3v) is 3.37. The van der Waals surface area contributed by atoms with Crippen molar-refractivity contribution in [3.63, 3.8) is 0 Å². The molecule has 2 aromatic rings. The molecule has 4 nitrogen and oxygen atoms in total. The molecule has 0 saturated heterocycles. The Kier molecular flexibility index (Phi) is 4.91. The molecule has 1 aromatic carbocycles. The van der Waals surface area contributed by atoms with E-state index < -0.39 is 0 Å². The van der Waals surface area contributed by atoms with E-state index in [4.69, 9.17) is 16.0 Å². The molecule has 1 amide bonds. The van der Waals surface area contributed by atoms with Crippen molar-refractivity contribution in [2.45, 2.75) is 19.9 Å². The molecule has 0 radical (unpaired) electrons. The van der Waals surface area contributed by atoms with Gasteiger partial charge in [-0.15, -0.1) is 0 Å². The lowest BCUT2D eigenvalue weighted by Gasteiger charge is -2.15. The normalized spacial score (nSPS) is 10.5. The minimum Gasteiger partial charge on any atom is -0.464 e. The molecule has 1 heterocycles. The summed E-state index contributed by atoms with van der Waals surface area (Å²) in [5.74, 6) is 1.71. The van der Waals surface area contributed by atoms with Crippen LogP contribution in [0.4, 0.5) is 5.69 Å². The van der Waals surface area contributed by atoms with Gasteiger partial charge in [-0.05, 0) is 30.3 Å². The second-order valence-electron chi connectivity index (χ2n) is 4.96. The molecule has 21 heavy (non-hydrogen) atoms. The van der Waals surface area contributed by atoms with Crippen molar-refractivity contribution in [3.05, 3.63) is 52.4 Å². The number of hydrogen-bond acceptors (Lipinski definition) is 3. The smallest absolute Gasteiger partial charge is 0.255 e. The number of nitrogens with zero attached hydrogens (tertiary/aromatic N) is 1. The zero-order valence-electron chi connectivity index (χ0n) is 12.4. The van der Waals surface area contributed by atoms with Gasteiger partial charge in [0.2, 0.25) is 0 Å². The SMILES string of the molecule is CCc1ccc(CNc2cc(Cl)ccc2C(=O)N(C)C)o1. The van der Waals surface area contributed by atoms with Crippen LogP contribution in [0.1, 0.15) is 28.8 Å². The van der Waals surface area contributed by atoms with Crippen LogP contribution in [0.5, 0.6) is 0 Å². The van der Waals surface area contributed by atoms with Crippen LogP contribution in [-0.2, 0) is 13.0 Å². The third-order valence-electron chi connectivity index (χ3n) is 3.14. The van der Waals surface area contributed by atoms with Crippen molar-refractivity contribution in [1.82, 2.24) is 4.90 Å². The van der Waals surface area contributed by atoms with Crippen molar-refractivity contribution < 1.29 is 9.21 Å². The molecule has 0 aliphatic rings. The van der Waals surface area contributed by atoms with Crippen LogP contribution in [0.25, 0.3) is 0 Å². The lowest BCUT2D eigenvalue weighted by atomic mass is 10.1. The van der Waals surface area contributed by atoms with E-state index in [2.05, 4.69) is 5.32 Å². The number of hydrogen-bond donors (Lipinski definition) is 1. The maximum atomic E-state index is 12.2. The number of amides is 1. The molecule has 0 spiro atoms. The van der Waals surface area contributed by atoms with Gasteiger partial charge in [-0.1, -0.05) is 18.5 Å². The van der Waals surface area contributed by atoms with Crippen LogP contribution in [0, 0.1) is 0 Å². The van der Waals surface area contributed by atoms with Gasteiger partial charge in [-0.3, -0.25) is 4.79 Å². The quantitative estimate of drug-likeness (QED) is 0.913. The van der Waals surface area contributed by atoms with Crippen LogP contribution in [0.15, 0.2) is 34.7 Å². The lowest BCUT2D eigenvalue weighted by Crippen LogP contribution is -2.22. The molecule has 0 aliphatic carbocycles. The van der Waals surface area contributed by atoms with Gasteiger partial charge >= 0.3 is 0 Å². The first-order valence-corrected chi connectivity index (χ1v) is 7.21. The summed E-state index contributed by atoms with van der Waals surface area (Å²) < 4.78 is 5.64. The van der Waals surface area contributed by atoms with Gasteiger partial charge in [0.1, 0.15) is 11.5 Å². The van der Waals surface area contributed by atoms with E-state index in [1.807, 2.05) is 19.1 Å². The van der Waals surface area contributed by atoms with Crippen LogP contribution in [0.3, 0.4) is 0 Å². The van der Waals surface area contributed by atoms with E-state index in [9.17, 15) is 4.79 Å². The Morgan fingerprint density at radius 2 is 1.95 bits per heavy atom. The van der Waals surface area contributed by atoms with E-state index >= 15 is 0 Å². The summed E-state index contributed by atoms with van der Waals surface area (Å²) in [7, 11) is 3.45. The molecule has 0 fully saturated rings. The zero-order chi connectivity index (χ0) is 15.4. The standard InChI is InChI=1S/C16H19ClN2O2/c1-4-12-6-7-13(21-12)10-18-15-9-11(17)5-8-14(15)16(20)19(2)3/h5-9,18H,4,10H2,1-3H3. The van der Waals surface area contributed by atoms with E-state index in [1.165, 1.54) is 4.90 Å². The molecule has 0 saturated carbocycles. The molecule has 1 N–H and O–H groups in total. The molecule has 1 aromatic heterocycles. The number of rotatable bonds is 5. The minimum absolute atomic E-state index is 0.0668. The highest BCUT2D eigenvalue weighted by Gasteiger charge is 2.14. The highest BCUT2D eigenvalue weighted by Crippen LogP contribution is 2.23. The summed E-state index contributed by atoms with van der Waals surface area (Å²) in [4.78, 5) is 13.7. The largest absolute Gasteiger partial charge is 0.464 e. The Balaban J connectivity index is 2.18. The Morgan fingerprint density at radius 1 is 1.24 bits per heavy atom. The van der Waals surface area contributed by atoms with Gasteiger partial charge in [0.05, 0.1) is 12.1 Å². The van der Waals surface area contributed by atoms with Crippen molar-refractivity contribution in [1.29, 1.82) is 0 Å². The summed E-state index contributed by atoms with van der Waals surface area (Å²) in [6.07, 6.45) is 0.863. The van der Waals surface area contributed by atoms with Crippen LogP contribution in [-0.4, -0.2) is 24.9 Å². The van der Waals surface area contributed by atoms with Crippen LogP contribution in [0.2, 0.25) is 5.02 Å². The summed E-state index contributed by atoms with van der Waals surface area (Å²) >= 11 is 6.02. The molecule has 2 rings (SSSR count).